The van der Waals surface area contributed by atoms with Crippen molar-refractivity contribution in [2.45, 2.75) is 6.92 Å². The summed E-state index contributed by atoms with van der Waals surface area (Å²) >= 11 is 0. The molecule has 0 radical (unpaired) electrons. The largest absolute Gasteiger partial charge is 0.379 e. The number of nitrogens with one attached hydrogen (secondary N) is 1. The van der Waals surface area contributed by atoms with E-state index < -0.39 is 11.8 Å². The van der Waals surface area contributed by atoms with Gasteiger partial charge in [0.25, 0.3) is 0 Å². The first-order valence-corrected chi connectivity index (χ1v) is 7.67. The zero-order valence-corrected chi connectivity index (χ0v) is 13.0. The van der Waals surface area contributed by atoms with Crippen LogP contribution in [0.15, 0.2) is 30.3 Å². The van der Waals surface area contributed by atoms with Crippen LogP contribution in [-0.4, -0.2) is 62.7 Å². The fraction of sp³-hybridized carbons (Fsp3) is 0.500. The van der Waals surface area contributed by atoms with Gasteiger partial charge in [0.2, 0.25) is 0 Å². The number of rotatable bonds is 5. The lowest BCUT2D eigenvalue weighted by atomic mass is 10.3. The zero-order valence-electron chi connectivity index (χ0n) is 13.0. The van der Waals surface area contributed by atoms with E-state index in [1.54, 1.807) is 0 Å². The number of benzene rings is 1. The monoisotopic (exact) mass is 305 g/mol. The van der Waals surface area contributed by atoms with E-state index in [1.807, 2.05) is 37.3 Å². The topological polar surface area (TPSA) is 61.9 Å². The molecule has 1 N–H and O–H groups in total. The highest BCUT2D eigenvalue weighted by Crippen LogP contribution is 2.12. The summed E-state index contributed by atoms with van der Waals surface area (Å²) in [7, 11) is 0. The molecule has 22 heavy (non-hydrogen) atoms. The Morgan fingerprint density at radius 1 is 1.23 bits per heavy atom. The van der Waals surface area contributed by atoms with Crippen molar-refractivity contribution >= 4 is 17.5 Å². The zero-order chi connectivity index (χ0) is 15.8. The predicted molar refractivity (Wildman–Crippen MR) is 84.7 cm³/mol. The van der Waals surface area contributed by atoms with Crippen molar-refractivity contribution in [3.63, 3.8) is 0 Å². The number of amides is 2. The van der Waals surface area contributed by atoms with Gasteiger partial charge >= 0.3 is 11.8 Å². The molecule has 1 aromatic rings. The maximum Gasteiger partial charge on any atom is 0.316 e. The van der Waals surface area contributed by atoms with Gasteiger partial charge in [-0.2, -0.15) is 0 Å². The second kappa shape index (κ2) is 8.51. The third-order valence-electron chi connectivity index (χ3n) is 3.64. The highest BCUT2D eigenvalue weighted by Gasteiger charge is 2.21. The van der Waals surface area contributed by atoms with E-state index in [0.29, 0.717) is 13.1 Å². The summed E-state index contributed by atoms with van der Waals surface area (Å²) in [5.41, 5.74) is 0.735. The molecule has 1 saturated heterocycles. The summed E-state index contributed by atoms with van der Waals surface area (Å²) in [6, 6.07) is 9.22. The van der Waals surface area contributed by atoms with Gasteiger partial charge in [-0.25, -0.2) is 0 Å². The Kier molecular flexibility index (Phi) is 6.36. The first-order valence-electron chi connectivity index (χ1n) is 7.67. The minimum absolute atomic E-state index is 0.458. The summed E-state index contributed by atoms with van der Waals surface area (Å²) in [5, 5.41) is 2.70. The number of morpholine rings is 1. The van der Waals surface area contributed by atoms with Gasteiger partial charge in [0.1, 0.15) is 0 Å². The van der Waals surface area contributed by atoms with Gasteiger partial charge in [-0.3, -0.25) is 14.5 Å². The van der Waals surface area contributed by atoms with Crippen LogP contribution < -0.4 is 10.2 Å². The van der Waals surface area contributed by atoms with Crippen LogP contribution in [0.5, 0.6) is 0 Å². The van der Waals surface area contributed by atoms with Gasteiger partial charge in [0.05, 0.1) is 13.2 Å². The fourth-order valence-corrected chi connectivity index (χ4v) is 2.40. The van der Waals surface area contributed by atoms with Crippen molar-refractivity contribution in [3.05, 3.63) is 30.3 Å². The lowest BCUT2D eigenvalue weighted by Gasteiger charge is -2.26. The van der Waals surface area contributed by atoms with Crippen LogP contribution in [0.25, 0.3) is 0 Å². The van der Waals surface area contributed by atoms with Crippen molar-refractivity contribution in [2.24, 2.45) is 0 Å². The molecule has 6 nitrogen and oxygen atoms in total. The molecule has 1 heterocycles. The summed E-state index contributed by atoms with van der Waals surface area (Å²) in [6.07, 6.45) is 0. The molecule has 1 aliphatic rings. The predicted octanol–water partition coefficient (Wildman–Crippen LogP) is 0.488. The van der Waals surface area contributed by atoms with Crippen LogP contribution in [-0.2, 0) is 14.3 Å². The van der Waals surface area contributed by atoms with Crippen molar-refractivity contribution in [1.82, 2.24) is 10.2 Å². The molecule has 6 heteroatoms. The number of anilines is 1. The average molecular weight is 305 g/mol. The quantitative estimate of drug-likeness (QED) is 0.804. The molecule has 0 aliphatic carbocycles. The SMILES string of the molecule is CCN(C(=O)C(=O)NCCN1CCOCC1)c1ccccc1. The molecule has 0 spiro atoms. The number of para-hydroxylation sites is 1. The molecule has 2 amide bonds. The number of carbonyl (C=O) groups is 2. The Balaban J connectivity index is 1.81. The van der Waals surface area contributed by atoms with Crippen LogP contribution >= 0.6 is 0 Å². The van der Waals surface area contributed by atoms with Gasteiger partial charge in [-0.1, -0.05) is 18.2 Å². The molecule has 1 aromatic carbocycles. The van der Waals surface area contributed by atoms with Gasteiger partial charge in [-0.05, 0) is 19.1 Å². The summed E-state index contributed by atoms with van der Waals surface area (Å²) in [6.45, 7) is 6.71. The van der Waals surface area contributed by atoms with Crippen LogP contribution in [0.1, 0.15) is 6.92 Å². The standard InChI is InChI=1S/C16H23N3O3/c1-2-19(14-6-4-3-5-7-14)16(21)15(20)17-8-9-18-10-12-22-13-11-18/h3-7H,2,8-13H2,1H3,(H,17,20). The van der Waals surface area contributed by atoms with E-state index in [4.69, 9.17) is 4.74 Å². The van der Waals surface area contributed by atoms with E-state index in [2.05, 4.69) is 10.2 Å². The molecule has 120 valence electrons. The van der Waals surface area contributed by atoms with Crippen molar-refractivity contribution in [1.29, 1.82) is 0 Å². The first-order chi connectivity index (χ1) is 10.7. The first kappa shape index (κ1) is 16.5. The maximum atomic E-state index is 12.2. The molecule has 0 aromatic heterocycles. The summed E-state index contributed by atoms with van der Waals surface area (Å²) in [5.74, 6) is -1.07. The van der Waals surface area contributed by atoms with Gasteiger partial charge in [0, 0.05) is 38.4 Å². The Morgan fingerprint density at radius 3 is 2.55 bits per heavy atom. The number of nitrogens with zero attached hydrogens (tertiary/aromatic N) is 2. The highest BCUT2D eigenvalue weighted by atomic mass is 16.5. The van der Waals surface area contributed by atoms with E-state index in [0.717, 1.165) is 38.5 Å². The van der Waals surface area contributed by atoms with Crippen molar-refractivity contribution in [3.8, 4) is 0 Å². The number of hydrogen-bond donors (Lipinski definition) is 1. The highest BCUT2D eigenvalue weighted by molar-refractivity contribution is 6.40. The third kappa shape index (κ3) is 4.54. The molecule has 1 aliphatic heterocycles. The molecule has 0 unspecified atom stereocenters. The normalized spacial score (nSPS) is 15.3. The fourth-order valence-electron chi connectivity index (χ4n) is 2.40. The second-order valence-corrected chi connectivity index (χ2v) is 5.09. The molecule has 1 fully saturated rings. The minimum Gasteiger partial charge on any atom is -0.379 e. The molecule has 0 saturated carbocycles. The maximum absolute atomic E-state index is 12.2. The van der Waals surface area contributed by atoms with Crippen LogP contribution in [0.4, 0.5) is 5.69 Å². The lowest BCUT2D eigenvalue weighted by molar-refractivity contribution is -0.137. The third-order valence-corrected chi connectivity index (χ3v) is 3.64. The molecule has 0 bridgehead atoms. The molecular weight excluding hydrogens is 282 g/mol. The number of likely N-dealkylation sites (N-methyl/N-ethyl adjacent to an activating group) is 1. The molecular formula is C16H23N3O3. The summed E-state index contributed by atoms with van der Waals surface area (Å²) < 4.78 is 5.27. The average Bonchev–Trinajstić information content (AvgIpc) is 2.57. The van der Waals surface area contributed by atoms with E-state index in [-0.39, 0.29) is 0 Å². The Hall–Kier alpha value is -1.92. The molecule has 2 rings (SSSR count). The second-order valence-electron chi connectivity index (χ2n) is 5.09. The van der Waals surface area contributed by atoms with Gasteiger partial charge in [-0.15, -0.1) is 0 Å². The minimum atomic E-state index is -0.557. The van der Waals surface area contributed by atoms with E-state index >= 15 is 0 Å². The van der Waals surface area contributed by atoms with E-state index in [1.165, 1.54) is 4.90 Å². The van der Waals surface area contributed by atoms with Gasteiger partial charge < -0.3 is 15.0 Å². The Bertz CT molecular complexity index is 487. The van der Waals surface area contributed by atoms with Crippen LogP contribution in [0, 0.1) is 0 Å². The number of ether oxygens (including phenoxy) is 1. The Labute approximate surface area is 131 Å². The molecule has 0 atom stereocenters. The van der Waals surface area contributed by atoms with Crippen LogP contribution in [0.2, 0.25) is 0 Å². The number of hydrogen-bond acceptors (Lipinski definition) is 4. The smallest absolute Gasteiger partial charge is 0.316 e. The van der Waals surface area contributed by atoms with Crippen molar-refractivity contribution in [2.75, 3.05) is 50.8 Å². The number of carbonyl (C=O) groups excluding carboxylic acids is 2. The van der Waals surface area contributed by atoms with Crippen LogP contribution in [0.3, 0.4) is 0 Å². The Morgan fingerprint density at radius 2 is 1.91 bits per heavy atom. The van der Waals surface area contributed by atoms with Gasteiger partial charge in [0.15, 0.2) is 0 Å². The lowest BCUT2D eigenvalue weighted by Crippen LogP contribution is -2.46. The summed E-state index contributed by atoms with van der Waals surface area (Å²) in [4.78, 5) is 27.9. The van der Waals surface area contributed by atoms with Crippen molar-refractivity contribution < 1.29 is 14.3 Å². The van der Waals surface area contributed by atoms with E-state index in [9.17, 15) is 9.59 Å².